The summed E-state index contributed by atoms with van der Waals surface area (Å²) in [4.78, 5) is 10.9. The Bertz CT molecular complexity index is 644. The van der Waals surface area contributed by atoms with Crippen LogP contribution in [0.15, 0.2) is 42.5 Å². The second-order valence-electron chi connectivity index (χ2n) is 4.21. The van der Waals surface area contributed by atoms with E-state index in [0.717, 1.165) is 0 Å². The molecule has 0 saturated carbocycles. The van der Waals surface area contributed by atoms with Crippen molar-refractivity contribution in [1.82, 2.24) is 0 Å². The maximum Gasteiger partial charge on any atom is 0.262 e. The molecule has 0 fully saturated rings. The Morgan fingerprint density at radius 2 is 1.76 bits per heavy atom. The van der Waals surface area contributed by atoms with Crippen LogP contribution in [0.2, 0.25) is 5.02 Å². The lowest BCUT2D eigenvalue weighted by molar-refractivity contribution is -0.117. The van der Waals surface area contributed by atoms with Crippen LogP contribution in [0.4, 0.5) is 4.39 Å². The van der Waals surface area contributed by atoms with Crippen LogP contribution in [0.25, 0.3) is 0 Å². The molecule has 6 heteroatoms. The van der Waals surface area contributed by atoms with Crippen molar-refractivity contribution in [3.63, 3.8) is 0 Å². The fourth-order valence-corrected chi connectivity index (χ4v) is 1.72. The zero-order valence-electron chi connectivity index (χ0n) is 11.0. The van der Waals surface area contributed by atoms with Crippen molar-refractivity contribution in [2.45, 2.75) is 13.0 Å². The highest BCUT2D eigenvalue weighted by molar-refractivity contribution is 6.64. The minimum Gasteiger partial charge on any atom is -0.482 e. The topological polar surface area (TPSA) is 35.5 Å². The molecule has 2 rings (SSSR count). The second-order valence-corrected chi connectivity index (χ2v) is 5.02. The van der Waals surface area contributed by atoms with Crippen LogP contribution < -0.4 is 9.47 Å². The first-order valence-corrected chi connectivity index (χ1v) is 6.80. The van der Waals surface area contributed by atoms with E-state index < -0.39 is 17.2 Å². The van der Waals surface area contributed by atoms with E-state index in [2.05, 4.69) is 0 Å². The summed E-state index contributed by atoms with van der Waals surface area (Å²) < 4.78 is 24.3. The smallest absolute Gasteiger partial charge is 0.262 e. The Labute approximate surface area is 131 Å². The minimum absolute atomic E-state index is 0.0670. The highest BCUT2D eigenvalue weighted by Crippen LogP contribution is 2.28. The van der Waals surface area contributed by atoms with Gasteiger partial charge in [0, 0.05) is 5.02 Å². The van der Waals surface area contributed by atoms with Crippen LogP contribution in [-0.4, -0.2) is 11.3 Å². The number of carbonyl (C=O) groups is 1. The van der Waals surface area contributed by atoms with E-state index in [4.69, 9.17) is 32.7 Å². The highest BCUT2D eigenvalue weighted by atomic mass is 35.5. The predicted molar refractivity (Wildman–Crippen MR) is 78.9 cm³/mol. The number of carbonyl (C=O) groups excluding carboxylic acids is 1. The number of benzene rings is 2. The van der Waals surface area contributed by atoms with Gasteiger partial charge in [0.25, 0.3) is 5.24 Å². The van der Waals surface area contributed by atoms with Crippen molar-refractivity contribution >= 4 is 28.4 Å². The number of hydrogen-bond donors (Lipinski definition) is 0. The van der Waals surface area contributed by atoms with Gasteiger partial charge in [-0.2, -0.15) is 0 Å². The van der Waals surface area contributed by atoms with Gasteiger partial charge < -0.3 is 9.47 Å². The Morgan fingerprint density at radius 3 is 2.33 bits per heavy atom. The molecule has 0 aliphatic carbocycles. The quantitative estimate of drug-likeness (QED) is 0.739. The minimum atomic E-state index is -0.743. The van der Waals surface area contributed by atoms with Gasteiger partial charge >= 0.3 is 0 Å². The largest absolute Gasteiger partial charge is 0.482 e. The summed E-state index contributed by atoms with van der Waals surface area (Å²) in [5.74, 6) is 0.399. The third-order valence-electron chi connectivity index (χ3n) is 2.58. The SMILES string of the molecule is CC(Oc1ccc(Oc2ccc(Cl)cc2F)cc1)C(=O)Cl. The molecule has 1 unspecified atom stereocenters. The maximum atomic E-state index is 13.6. The molecule has 1 atom stereocenters. The second kappa shape index (κ2) is 6.78. The van der Waals surface area contributed by atoms with Crippen LogP contribution >= 0.6 is 23.2 Å². The van der Waals surface area contributed by atoms with Crippen LogP contribution in [0.1, 0.15) is 6.92 Å². The molecule has 0 amide bonds. The first-order chi connectivity index (χ1) is 9.95. The first-order valence-electron chi connectivity index (χ1n) is 6.04. The molecule has 110 valence electrons. The van der Waals surface area contributed by atoms with Gasteiger partial charge in [0.1, 0.15) is 11.5 Å². The van der Waals surface area contributed by atoms with Crippen molar-refractivity contribution in [2.75, 3.05) is 0 Å². The normalized spacial score (nSPS) is 11.8. The summed E-state index contributed by atoms with van der Waals surface area (Å²) >= 11 is 11.0. The molecule has 2 aromatic carbocycles. The average Bonchev–Trinajstić information content (AvgIpc) is 2.43. The fourth-order valence-electron chi connectivity index (χ4n) is 1.52. The molecule has 0 heterocycles. The molecule has 2 aromatic rings. The standard InChI is InChI=1S/C15H11Cl2FO3/c1-9(15(17)19)20-11-3-5-12(6-4-11)21-14-7-2-10(16)8-13(14)18/h2-9H,1H3. The molecule has 21 heavy (non-hydrogen) atoms. The molecule has 0 N–H and O–H groups in total. The molecule has 0 spiro atoms. The molecule has 0 radical (unpaired) electrons. The van der Waals surface area contributed by atoms with Crippen LogP contribution in [0.5, 0.6) is 17.2 Å². The van der Waals surface area contributed by atoms with Gasteiger partial charge in [-0.3, -0.25) is 4.79 Å². The van der Waals surface area contributed by atoms with E-state index in [1.807, 2.05) is 0 Å². The van der Waals surface area contributed by atoms with Crippen LogP contribution in [-0.2, 0) is 4.79 Å². The first kappa shape index (κ1) is 15.6. The van der Waals surface area contributed by atoms with Crippen molar-refractivity contribution in [3.8, 4) is 17.2 Å². The summed E-state index contributed by atoms with van der Waals surface area (Å²) in [5.41, 5.74) is 0. The maximum absolute atomic E-state index is 13.6. The van der Waals surface area contributed by atoms with E-state index in [1.54, 1.807) is 31.2 Å². The van der Waals surface area contributed by atoms with E-state index in [1.165, 1.54) is 18.2 Å². The highest BCUT2D eigenvalue weighted by Gasteiger charge is 2.11. The summed E-state index contributed by atoms with van der Waals surface area (Å²) in [5, 5.41) is -0.290. The number of ether oxygens (including phenoxy) is 2. The lowest BCUT2D eigenvalue weighted by atomic mass is 10.3. The molecular formula is C15H11Cl2FO3. The van der Waals surface area contributed by atoms with Crippen molar-refractivity contribution in [1.29, 1.82) is 0 Å². The Kier molecular flexibility index (Phi) is 5.04. The lowest BCUT2D eigenvalue weighted by Crippen LogP contribution is -2.18. The molecule has 3 nitrogen and oxygen atoms in total. The number of rotatable bonds is 5. The predicted octanol–water partition coefficient (Wildman–Crippen LogP) is 4.80. The third-order valence-corrected chi connectivity index (χ3v) is 3.12. The zero-order chi connectivity index (χ0) is 15.4. The van der Waals surface area contributed by atoms with Gasteiger partial charge in [-0.25, -0.2) is 4.39 Å². The number of hydrogen-bond acceptors (Lipinski definition) is 3. The van der Waals surface area contributed by atoms with E-state index in [0.29, 0.717) is 16.5 Å². The van der Waals surface area contributed by atoms with Crippen molar-refractivity contribution in [2.24, 2.45) is 0 Å². The van der Waals surface area contributed by atoms with Gasteiger partial charge in [0.05, 0.1) is 0 Å². The molecule has 0 aliphatic rings. The van der Waals surface area contributed by atoms with E-state index in [-0.39, 0.29) is 5.75 Å². The van der Waals surface area contributed by atoms with E-state index >= 15 is 0 Å². The summed E-state index contributed by atoms with van der Waals surface area (Å²) in [6, 6.07) is 10.5. The Morgan fingerprint density at radius 1 is 1.14 bits per heavy atom. The molecule has 0 bridgehead atoms. The third kappa shape index (κ3) is 4.34. The fraction of sp³-hybridized carbons (Fsp3) is 0.133. The monoisotopic (exact) mass is 328 g/mol. The summed E-state index contributed by atoms with van der Waals surface area (Å²) in [7, 11) is 0. The summed E-state index contributed by atoms with van der Waals surface area (Å²) in [6.07, 6.45) is -0.743. The summed E-state index contributed by atoms with van der Waals surface area (Å²) in [6.45, 7) is 1.54. The molecular weight excluding hydrogens is 318 g/mol. The average molecular weight is 329 g/mol. The van der Waals surface area contributed by atoms with Crippen LogP contribution in [0.3, 0.4) is 0 Å². The van der Waals surface area contributed by atoms with Crippen LogP contribution in [0, 0.1) is 5.82 Å². The van der Waals surface area contributed by atoms with Gasteiger partial charge in [-0.1, -0.05) is 11.6 Å². The van der Waals surface area contributed by atoms with Gasteiger partial charge in [0.15, 0.2) is 17.7 Å². The van der Waals surface area contributed by atoms with Gasteiger partial charge in [-0.15, -0.1) is 0 Å². The number of halogens is 3. The zero-order valence-corrected chi connectivity index (χ0v) is 12.5. The van der Waals surface area contributed by atoms with Gasteiger partial charge in [-0.05, 0) is 61.0 Å². The molecule has 0 saturated heterocycles. The lowest BCUT2D eigenvalue weighted by Gasteiger charge is -2.11. The van der Waals surface area contributed by atoms with Crippen molar-refractivity contribution < 1.29 is 18.7 Å². The Balaban J connectivity index is 2.07. The van der Waals surface area contributed by atoms with E-state index in [9.17, 15) is 9.18 Å². The Hall–Kier alpha value is -1.78. The molecule has 0 aromatic heterocycles. The van der Waals surface area contributed by atoms with Crippen molar-refractivity contribution in [3.05, 3.63) is 53.3 Å². The van der Waals surface area contributed by atoms with Gasteiger partial charge in [0.2, 0.25) is 0 Å². The molecule has 0 aliphatic heterocycles.